The first kappa shape index (κ1) is 18.0. The smallest absolute Gasteiger partial charge is 0.251 e. The minimum absolute atomic E-state index is 0.0771. The van der Waals surface area contributed by atoms with Crippen molar-refractivity contribution in [3.8, 4) is 16.9 Å². The monoisotopic (exact) mass is 349 g/mol. The van der Waals surface area contributed by atoms with E-state index in [4.69, 9.17) is 4.74 Å². The predicted octanol–water partition coefficient (Wildman–Crippen LogP) is 3.72. The summed E-state index contributed by atoms with van der Waals surface area (Å²) < 4.78 is 5.68. The molecule has 0 bridgehead atoms. The van der Waals surface area contributed by atoms with Gasteiger partial charge in [-0.2, -0.15) is 0 Å². The Bertz CT molecular complexity index is 885. The lowest BCUT2D eigenvalue weighted by molar-refractivity contribution is 0.100. The zero-order chi connectivity index (χ0) is 18.4. The molecule has 3 rings (SSSR count). The molecular weight excluding hydrogens is 326 g/mol. The molecule has 2 N–H and O–H groups in total. The molecule has 0 aliphatic carbocycles. The summed E-state index contributed by atoms with van der Waals surface area (Å²) in [5.74, 6) is 0.732. The van der Waals surface area contributed by atoms with E-state index in [-0.39, 0.29) is 12.2 Å². The van der Waals surface area contributed by atoms with E-state index >= 15 is 0 Å². The van der Waals surface area contributed by atoms with Gasteiger partial charge in [0.15, 0.2) is 0 Å². The molecule has 26 heavy (non-hydrogen) atoms. The van der Waals surface area contributed by atoms with Gasteiger partial charge in [0.2, 0.25) is 0 Å². The molecule has 0 aliphatic rings. The molecule has 1 aromatic heterocycles. The van der Waals surface area contributed by atoms with Crippen LogP contribution in [0.4, 0.5) is 0 Å². The van der Waals surface area contributed by atoms with Gasteiger partial charge in [-0.1, -0.05) is 42.5 Å². The van der Waals surface area contributed by atoms with Crippen LogP contribution in [0.3, 0.4) is 0 Å². The number of nitrogens with one attached hydrogen (secondary N) is 1. The Morgan fingerprint density at radius 3 is 2.42 bits per heavy atom. The minimum atomic E-state index is -0.581. The quantitative estimate of drug-likeness (QED) is 0.683. The van der Waals surface area contributed by atoms with Crippen molar-refractivity contribution >= 4 is 0 Å². The summed E-state index contributed by atoms with van der Waals surface area (Å²) in [4.78, 5) is 14.2. The number of ether oxygens (including phenoxy) is 1. The highest BCUT2D eigenvalue weighted by atomic mass is 16.5. The molecule has 0 saturated heterocycles. The predicted molar refractivity (Wildman–Crippen MR) is 104 cm³/mol. The Morgan fingerprint density at radius 2 is 1.69 bits per heavy atom. The number of aromatic nitrogens is 1. The first-order valence-corrected chi connectivity index (χ1v) is 8.77. The number of aliphatic hydroxyl groups excluding tert-OH is 1. The van der Waals surface area contributed by atoms with Crippen molar-refractivity contribution in [2.24, 2.45) is 0 Å². The first-order valence-electron chi connectivity index (χ1n) is 8.77. The fourth-order valence-corrected chi connectivity index (χ4v) is 2.84. The van der Waals surface area contributed by atoms with Gasteiger partial charge in [0.05, 0.1) is 6.10 Å². The molecule has 0 unspecified atom stereocenters. The lowest BCUT2D eigenvalue weighted by Gasteiger charge is -2.13. The number of aryl methyl sites for hydroxylation is 1. The number of pyridine rings is 1. The molecule has 0 spiro atoms. The van der Waals surface area contributed by atoms with Gasteiger partial charge >= 0.3 is 0 Å². The number of aromatic amines is 1. The number of rotatable bonds is 7. The maximum absolute atomic E-state index is 11.6. The average Bonchev–Trinajstić information content (AvgIpc) is 2.68. The summed E-state index contributed by atoms with van der Waals surface area (Å²) in [5, 5.41) is 10.2. The highest BCUT2D eigenvalue weighted by Crippen LogP contribution is 2.22. The lowest BCUT2D eigenvalue weighted by Crippen LogP contribution is -2.19. The van der Waals surface area contributed by atoms with Crippen molar-refractivity contribution in [1.82, 2.24) is 4.98 Å². The van der Waals surface area contributed by atoms with Crippen LogP contribution in [0.5, 0.6) is 5.75 Å². The summed E-state index contributed by atoms with van der Waals surface area (Å²) in [7, 11) is 0. The Kier molecular flexibility index (Phi) is 5.87. The number of aliphatic hydroxyl groups is 1. The van der Waals surface area contributed by atoms with Crippen molar-refractivity contribution in [3.63, 3.8) is 0 Å². The number of H-pyrrole nitrogens is 1. The third-order valence-electron chi connectivity index (χ3n) is 4.47. The van der Waals surface area contributed by atoms with Crippen LogP contribution in [0, 0.1) is 6.92 Å². The summed E-state index contributed by atoms with van der Waals surface area (Å²) in [5.41, 5.74) is 3.87. The van der Waals surface area contributed by atoms with Crippen LogP contribution in [0.15, 0.2) is 71.7 Å². The normalized spacial score (nSPS) is 11.9. The second-order valence-corrected chi connectivity index (χ2v) is 6.35. The van der Waals surface area contributed by atoms with Crippen molar-refractivity contribution in [2.45, 2.75) is 25.9 Å². The molecule has 1 heterocycles. The summed E-state index contributed by atoms with van der Waals surface area (Å²) in [6, 6.07) is 19.9. The molecule has 0 radical (unpaired) electrons. The lowest BCUT2D eigenvalue weighted by atomic mass is 10.0. The van der Waals surface area contributed by atoms with E-state index in [0.29, 0.717) is 18.4 Å². The molecule has 1 atom stereocenters. The van der Waals surface area contributed by atoms with Crippen molar-refractivity contribution in [1.29, 1.82) is 0 Å². The highest BCUT2D eigenvalue weighted by Gasteiger charge is 2.09. The van der Waals surface area contributed by atoms with Gasteiger partial charge in [0.25, 0.3) is 5.56 Å². The topological polar surface area (TPSA) is 62.3 Å². The Labute approximate surface area is 153 Å². The van der Waals surface area contributed by atoms with E-state index < -0.39 is 6.10 Å². The standard InChI is InChI=1S/C22H23NO3/c1-16-17(13-14-23-22(16)25)7-10-20(24)15-26-21-11-8-19(9-12-21)18-5-3-2-4-6-18/h2-6,8-9,11-14,20,24H,7,10,15H2,1H3,(H,23,25)/t20-/m0/s1. The molecule has 0 fully saturated rings. The van der Waals surface area contributed by atoms with E-state index in [1.54, 1.807) is 13.1 Å². The van der Waals surface area contributed by atoms with Crippen molar-refractivity contribution < 1.29 is 9.84 Å². The van der Waals surface area contributed by atoms with Crippen LogP contribution in [-0.4, -0.2) is 22.8 Å². The van der Waals surface area contributed by atoms with Crippen LogP contribution >= 0.6 is 0 Å². The molecule has 0 amide bonds. The van der Waals surface area contributed by atoms with E-state index in [2.05, 4.69) is 17.1 Å². The average molecular weight is 349 g/mol. The number of hydrogen-bond donors (Lipinski definition) is 2. The number of benzene rings is 2. The Balaban J connectivity index is 1.50. The molecule has 0 aliphatic heterocycles. The van der Waals surface area contributed by atoms with Gasteiger partial charge in [0.1, 0.15) is 12.4 Å². The third-order valence-corrected chi connectivity index (χ3v) is 4.47. The number of hydrogen-bond acceptors (Lipinski definition) is 3. The van der Waals surface area contributed by atoms with Gasteiger partial charge in [-0.3, -0.25) is 4.79 Å². The summed E-state index contributed by atoms with van der Waals surface area (Å²) in [6.07, 6.45) is 2.25. The van der Waals surface area contributed by atoms with Crippen molar-refractivity contribution in [2.75, 3.05) is 6.61 Å². The minimum Gasteiger partial charge on any atom is -0.491 e. The fraction of sp³-hybridized carbons (Fsp3) is 0.227. The Morgan fingerprint density at radius 1 is 1.00 bits per heavy atom. The Hall–Kier alpha value is -2.85. The first-order chi connectivity index (χ1) is 12.6. The highest BCUT2D eigenvalue weighted by molar-refractivity contribution is 5.63. The van der Waals surface area contributed by atoms with Gasteiger partial charge < -0.3 is 14.8 Å². The van der Waals surface area contributed by atoms with Gasteiger partial charge in [-0.25, -0.2) is 0 Å². The fourth-order valence-electron chi connectivity index (χ4n) is 2.84. The maximum atomic E-state index is 11.6. The molecular formula is C22H23NO3. The van der Waals surface area contributed by atoms with Crippen molar-refractivity contribution in [3.05, 3.63) is 88.3 Å². The zero-order valence-electron chi connectivity index (χ0n) is 14.8. The molecule has 134 valence electrons. The van der Waals surface area contributed by atoms with Crippen LogP contribution < -0.4 is 10.3 Å². The largest absolute Gasteiger partial charge is 0.491 e. The zero-order valence-corrected chi connectivity index (χ0v) is 14.8. The molecule has 3 aromatic rings. The van der Waals surface area contributed by atoms with Gasteiger partial charge in [0, 0.05) is 11.8 Å². The van der Waals surface area contributed by atoms with Crippen LogP contribution in [-0.2, 0) is 6.42 Å². The molecule has 2 aromatic carbocycles. The van der Waals surface area contributed by atoms with Gasteiger partial charge in [-0.05, 0) is 54.7 Å². The molecule has 4 nitrogen and oxygen atoms in total. The van der Waals surface area contributed by atoms with Crippen LogP contribution in [0.1, 0.15) is 17.5 Å². The summed E-state index contributed by atoms with van der Waals surface area (Å²) >= 11 is 0. The third kappa shape index (κ3) is 4.61. The van der Waals surface area contributed by atoms with Gasteiger partial charge in [-0.15, -0.1) is 0 Å². The maximum Gasteiger partial charge on any atom is 0.251 e. The second-order valence-electron chi connectivity index (χ2n) is 6.35. The second kappa shape index (κ2) is 8.50. The van der Waals surface area contributed by atoms with E-state index in [0.717, 1.165) is 22.4 Å². The van der Waals surface area contributed by atoms with E-state index in [9.17, 15) is 9.90 Å². The van der Waals surface area contributed by atoms with E-state index in [1.807, 2.05) is 48.5 Å². The molecule has 0 saturated carbocycles. The van der Waals surface area contributed by atoms with Crippen LogP contribution in [0.25, 0.3) is 11.1 Å². The SMILES string of the molecule is Cc1c(CC[C@H](O)COc2ccc(-c3ccccc3)cc2)cc[nH]c1=O. The van der Waals surface area contributed by atoms with Crippen LogP contribution in [0.2, 0.25) is 0 Å². The van der Waals surface area contributed by atoms with E-state index in [1.165, 1.54) is 0 Å². The summed E-state index contributed by atoms with van der Waals surface area (Å²) in [6.45, 7) is 2.03. The molecule has 4 heteroatoms.